The maximum absolute atomic E-state index is 11.5. The van der Waals surface area contributed by atoms with Crippen LogP contribution >= 0.6 is 0 Å². The van der Waals surface area contributed by atoms with Gasteiger partial charge in [-0.2, -0.15) is 0 Å². The molecule has 0 bridgehead atoms. The molecule has 5 heteroatoms. The van der Waals surface area contributed by atoms with Crippen molar-refractivity contribution in [2.75, 3.05) is 6.54 Å². The van der Waals surface area contributed by atoms with Crippen LogP contribution in [0, 0.1) is 6.92 Å². The molecular weight excluding hydrogens is 402 g/mol. The quantitative estimate of drug-likeness (QED) is 0.525. The molecule has 0 saturated carbocycles. The number of hydrogen-bond acceptors (Lipinski definition) is 4. The zero-order valence-corrected chi connectivity index (χ0v) is 18.3. The molecule has 1 unspecified atom stereocenters. The van der Waals surface area contributed by atoms with E-state index in [4.69, 9.17) is 4.74 Å². The number of hydrogen-bond donors (Lipinski definition) is 2. The Hall–Kier alpha value is -3.31. The van der Waals surface area contributed by atoms with Crippen molar-refractivity contribution in [1.29, 1.82) is 0 Å². The summed E-state index contributed by atoms with van der Waals surface area (Å²) in [6.07, 6.45) is 2.61. The lowest BCUT2D eigenvalue weighted by atomic mass is 9.97. The van der Waals surface area contributed by atoms with Gasteiger partial charge in [0.1, 0.15) is 12.6 Å². The fourth-order valence-electron chi connectivity index (χ4n) is 4.40. The first-order valence-corrected chi connectivity index (χ1v) is 11.1. The van der Waals surface area contributed by atoms with Gasteiger partial charge in [-0.3, -0.25) is 9.69 Å². The molecule has 5 nitrogen and oxygen atoms in total. The number of aromatic hydroxyl groups is 1. The van der Waals surface area contributed by atoms with Gasteiger partial charge in [0.2, 0.25) is 0 Å². The number of aliphatic carboxylic acids is 1. The normalized spacial score (nSPS) is 16.6. The highest BCUT2D eigenvalue weighted by atomic mass is 16.5. The van der Waals surface area contributed by atoms with Crippen molar-refractivity contribution >= 4 is 5.97 Å². The monoisotopic (exact) mass is 431 g/mol. The average Bonchev–Trinajstić information content (AvgIpc) is 2.80. The number of carboxylic acid groups (broad SMARTS) is 1. The Morgan fingerprint density at radius 2 is 1.88 bits per heavy atom. The van der Waals surface area contributed by atoms with Crippen LogP contribution in [0.25, 0.3) is 11.1 Å². The number of phenolic OH excluding ortho intramolecular Hbond substituents is 1. The summed E-state index contributed by atoms with van der Waals surface area (Å²) >= 11 is 0. The fraction of sp³-hybridized carbons (Fsp3) is 0.296. The van der Waals surface area contributed by atoms with Crippen LogP contribution in [-0.2, 0) is 17.9 Å². The van der Waals surface area contributed by atoms with E-state index >= 15 is 0 Å². The summed E-state index contributed by atoms with van der Waals surface area (Å²) < 4.78 is 5.94. The van der Waals surface area contributed by atoms with E-state index in [1.807, 2.05) is 41.3 Å². The molecule has 1 fully saturated rings. The van der Waals surface area contributed by atoms with Crippen molar-refractivity contribution < 1.29 is 19.7 Å². The summed E-state index contributed by atoms with van der Waals surface area (Å²) in [6.45, 7) is 3.70. The highest BCUT2D eigenvalue weighted by Crippen LogP contribution is 2.31. The molecule has 1 saturated heterocycles. The van der Waals surface area contributed by atoms with Crippen LogP contribution in [0.4, 0.5) is 0 Å². The average molecular weight is 432 g/mol. The van der Waals surface area contributed by atoms with Gasteiger partial charge in [-0.15, -0.1) is 0 Å². The molecule has 4 rings (SSSR count). The van der Waals surface area contributed by atoms with Crippen LogP contribution in [-0.4, -0.2) is 33.7 Å². The van der Waals surface area contributed by atoms with Gasteiger partial charge in [0.15, 0.2) is 11.5 Å². The van der Waals surface area contributed by atoms with Gasteiger partial charge in [-0.1, -0.05) is 61.0 Å². The summed E-state index contributed by atoms with van der Waals surface area (Å²) in [4.78, 5) is 13.5. The summed E-state index contributed by atoms with van der Waals surface area (Å²) in [5, 5.41) is 20.0. The molecule has 1 aliphatic rings. The molecule has 1 atom stereocenters. The fourth-order valence-corrected chi connectivity index (χ4v) is 4.40. The topological polar surface area (TPSA) is 70.0 Å². The zero-order valence-electron chi connectivity index (χ0n) is 18.3. The minimum atomic E-state index is -0.776. The number of benzene rings is 3. The predicted octanol–water partition coefficient (Wildman–Crippen LogP) is 5.39. The van der Waals surface area contributed by atoms with Crippen LogP contribution < -0.4 is 4.74 Å². The van der Waals surface area contributed by atoms with Crippen molar-refractivity contribution in [3.8, 4) is 22.6 Å². The SMILES string of the molecule is Cc1c(COc2ccc(CN3CCCCC3C(=O)O)cc2O)cccc1-c1ccccc1. The van der Waals surface area contributed by atoms with E-state index in [1.165, 1.54) is 5.56 Å². The van der Waals surface area contributed by atoms with E-state index in [2.05, 4.69) is 25.1 Å². The molecular formula is C27H29NO4. The van der Waals surface area contributed by atoms with Crippen molar-refractivity contribution in [3.63, 3.8) is 0 Å². The molecule has 166 valence electrons. The van der Waals surface area contributed by atoms with Crippen molar-refractivity contribution in [1.82, 2.24) is 4.90 Å². The third kappa shape index (κ3) is 4.94. The molecule has 32 heavy (non-hydrogen) atoms. The number of carboxylic acids is 1. The van der Waals surface area contributed by atoms with Gasteiger partial charge in [0, 0.05) is 6.54 Å². The largest absolute Gasteiger partial charge is 0.504 e. The second kappa shape index (κ2) is 9.88. The second-order valence-electron chi connectivity index (χ2n) is 8.37. The smallest absolute Gasteiger partial charge is 0.320 e. The number of rotatable bonds is 7. The lowest BCUT2D eigenvalue weighted by molar-refractivity contribution is -0.144. The van der Waals surface area contributed by atoms with Gasteiger partial charge >= 0.3 is 5.97 Å². The van der Waals surface area contributed by atoms with Gasteiger partial charge in [0.25, 0.3) is 0 Å². The molecule has 0 spiro atoms. The second-order valence-corrected chi connectivity index (χ2v) is 8.37. The van der Waals surface area contributed by atoms with E-state index in [1.54, 1.807) is 12.1 Å². The van der Waals surface area contributed by atoms with Gasteiger partial charge in [0.05, 0.1) is 0 Å². The minimum absolute atomic E-state index is 0.0725. The van der Waals surface area contributed by atoms with Gasteiger partial charge in [-0.25, -0.2) is 0 Å². The number of piperidine rings is 1. The Kier molecular flexibility index (Phi) is 6.76. The summed E-state index contributed by atoms with van der Waals surface area (Å²) in [5.41, 5.74) is 5.43. The summed E-state index contributed by atoms with van der Waals surface area (Å²) in [5.74, 6) is -0.281. The van der Waals surface area contributed by atoms with E-state index < -0.39 is 12.0 Å². The molecule has 1 aliphatic heterocycles. The molecule has 0 aliphatic carbocycles. The molecule has 3 aromatic rings. The predicted molar refractivity (Wildman–Crippen MR) is 125 cm³/mol. The standard InChI is InChI=1S/C27H29NO4/c1-19-22(10-7-11-23(19)21-8-3-2-4-9-21)18-32-26-14-13-20(16-25(26)29)17-28-15-6-5-12-24(28)27(30)31/h2-4,7-11,13-14,16,24,29H,5-6,12,15,17-18H2,1H3,(H,30,31). The lowest BCUT2D eigenvalue weighted by Crippen LogP contribution is -2.43. The van der Waals surface area contributed by atoms with Crippen molar-refractivity contribution in [3.05, 3.63) is 83.4 Å². The van der Waals surface area contributed by atoms with Gasteiger partial charge in [-0.05, 0) is 66.3 Å². The summed E-state index contributed by atoms with van der Waals surface area (Å²) in [7, 11) is 0. The maximum atomic E-state index is 11.5. The molecule has 1 heterocycles. The van der Waals surface area contributed by atoms with Gasteiger partial charge < -0.3 is 14.9 Å². The zero-order chi connectivity index (χ0) is 22.5. The molecule has 3 aromatic carbocycles. The third-order valence-corrected chi connectivity index (χ3v) is 6.22. The van der Waals surface area contributed by atoms with E-state index in [9.17, 15) is 15.0 Å². The van der Waals surface area contributed by atoms with Crippen LogP contribution in [0.1, 0.15) is 36.0 Å². The first-order valence-electron chi connectivity index (χ1n) is 11.1. The first-order chi connectivity index (χ1) is 15.5. The molecule has 2 N–H and O–H groups in total. The lowest BCUT2D eigenvalue weighted by Gasteiger charge is -2.32. The van der Waals surface area contributed by atoms with Crippen LogP contribution in [0.2, 0.25) is 0 Å². The molecule has 0 radical (unpaired) electrons. The first kappa shape index (κ1) is 21.9. The Labute approximate surface area is 188 Å². The van der Waals surface area contributed by atoms with E-state index in [0.29, 0.717) is 25.3 Å². The number of phenols is 1. The number of ether oxygens (including phenoxy) is 1. The van der Waals surface area contributed by atoms with Crippen LogP contribution in [0.5, 0.6) is 11.5 Å². The van der Waals surface area contributed by atoms with Crippen molar-refractivity contribution in [2.24, 2.45) is 0 Å². The highest BCUT2D eigenvalue weighted by molar-refractivity contribution is 5.73. The number of carbonyl (C=O) groups is 1. The third-order valence-electron chi connectivity index (χ3n) is 6.22. The van der Waals surface area contributed by atoms with Crippen LogP contribution in [0.3, 0.4) is 0 Å². The highest BCUT2D eigenvalue weighted by Gasteiger charge is 2.28. The van der Waals surface area contributed by atoms with Crippen LogP contribution in [0.15, 0.2) is 66.7 Å². The number of nitrogens with zero attached hydrogens (tertiary/aromatic N) is 1. The Morgan fingerprint density at radius 1 is 1.06 bits per heavy atom. The number of likely N-dealkylation sites (tertiary alicyclic amines) is 1. The Morgan fingerprint density at radius 3 is 2.62 bits per heavy atom. The maximum Gasteiger partial charge on any atom is 0.320 e. The van der Waals surface area contributed by atoms with Crippen molar-refractivity contribution in [2.45, 2.75) is 45.4 Å². The molecule has 0 amide bonds. The molecule has 0 aromatic heterocycles. The Bertz CT molecular complexity index is 1080. The Balaban J connectivity index is 1.44. The summed E-state index contributed by atoms with van der Waals surface area (Å²) in [6, 6.07) is 21.3. The van der Waals surface area contributed by atoms with E-state index in [-0.39, 0.29) is 5.75 Å². The van der Waals surface area contributed by atoms with E-state index in [0.717, 1.165) is 41.6 Å². The minimum Gasteiger partial charge on any atom is -0.504 e.